The third-order valence-electron chi connectivity index (χ3n) is 5.94. The van der Waals surface area contributed by atoms with Gasteiger partial charge in [0.2, 0.25) is 5.89 Å². The van der Waals surface area contributed by atoms with Gasteiger partial charge in [-0.15, -0.1) is 0 Å². The lowest BCUT2D eigenvalue weighted by Gasteiger charge is -2.34. The first kappa shape index (κ1) is 21.5. The maximum Gasteiger partial charge on any atom is 0.277 e. The molecule has 0 radical (unpaired) electrons. The minimum atomic E-state index is -0.139. The Morgan fingerprint density at radius 3 is 2.52 bits per heavy atom. The molecule has 1 aliphatic rings. The maximum atomic E-state index is 13.0. The molecule has 4 aromatic rings. The van der Waals surface area contributed by atoms with Gasteiger partial charge in [-0.1, -0.05) is 49.3 Å². The Balaban J connectivity index is 1.25. The molecule has 0 spiro atoms. The summed E-state index contributed by atoms with van der Waals surface area (Å²) in [7, 11) is 0. The highest BCUT2D eigenvalue weighted by atomic mass is 16.5. The van der Waals surface area contributed by atoms with Crippen LogP contribution in [0, 0.1) is 5.92 Å². The molecule has 1 aliphatic heterocycles. The summed E-state index contributed by atoms with van der Waals surface area (Å²) in [5.74, 6) is 1.77. The molecule has 1 aromatic carbocycles. The Morgan fingerprint density at radius 1 is 1.00 bits per heavy atom. The monoisotopic (exact) mass is 447 g/mol. The van der Waals surface area contributed by atoms with E-state index in [0.29, 0.717) is 29.7 Å². The number of hydrogen-bond donors (Lipinski definition) is 0. The van der Waals surface area contributed by atoms with E-state index in [1.165, 1.54) is 0 Å². The summed E-state index contributed by atoms with van der Waals surface area (Å²) in [6.07, 6.45) is 3.49. The van der Waals surface area contributed by atoms with E-state index in [0.717, 1.165) is 44.0 Å². The normalized spacial score (nSPS) is 15.6. The van der Waals surface area contributed by atoms with Gasteiger partial charge in [0.05, 0.1) is 18.8 Å². The largest absolute Gasteiger partial charge is 0.338 e. The van der Waals surface area contributed by atoms with Crippen LogP contribution in [-0.2, 0) is 13.1 Å². The van der Waals surface area contributed by atoms with Gasteiger partial charge >= 0.3 is 0 Å². The molecule has 0 aliphatic carbocycles. The highest BCUT2D eigenvalue weighted by Crippen LogP contribution is 2.17. The molecule has 1 saturated heterocycles. The first-order chi connectivity index (χ1) is 16.0. The van der Waals surface area contributed by atoms with Gasteiger partial charge in [0.1, 0.15) is 5.52 Å². The van der Waals surface area contributed by atoms with Gasteiger partial charge in [0.15, 0.2) is 5.82 Å². The van der Waals surface area contributed by atoms with Gasteiger partial charge < -0.3 is 14.0 Å². The van der Waals surface area contributed by atoms with Crippen LogP contribution in [0.3, 0.4) is 0 Å². The van der Waals surface area contributed by atoms with Crippen molar-refractivity contribution in [2.45, 2.75) is 26.9 Å². The molecule has 0 bridgehead atoms. The second kappa shape index (κ2) is 9.29. The summed E-state index contributed by atoms with van der Waals surface area (Å²) >= 11 is 0. The molecule has 172 valence electrons. The van der Waals surface area contributed by atoms with E-state index in [-0.39, 0.29) is 12.1 Å². The van der Waals surface area contributed by atoms with Crippen molar-refractivity contribution in [2.24, 2.45) is 5.92 Å². The van der Waals surface area contributed by atoms with E-state index < -0.39 is 0 Å². The van der Waals surface area contributed by atoms with Gasteiger partial charge in [0.25, 0.3) is 5.56 Å². The Labute approximate surface area is 192 Å². The molecule has 9 heteroatoms. The summed E-state index contributed by atoms with van der Waals surface area (Å²) < 4.78 is 8.67. The van der Waals surface area contributed by atoms with E-state index in [2.05, 4.69) is 38.9 Å². The summed E-state index contributed by atoms with van der Waals surface area (Å²) in [6.45, 7) is 10.6. The maximum absolute atomic E-state index is 13.0. The lowest BCUT2D eigenvalue weighted by Crippen LogP contribution is -2.46. The van der Waals surface area contributed by atoms with E-state index in [1.54, 1.807) is 21.5 Å². The van der Waals surface area contributed by atoms with Crippen LogP contribution in [0.25, 0.3) is 16.8 Å². The fourth-order valence-electron chi connectivity index (χ4n) is 4.31. The Morgan fingerprint density at radius 2 is 1.76 bits per heavy atom. The van der Waals surface area contributed by atoms with Gasteiger partial charge in [0, 0.05) is 50.7 Å². The Kier molecular flexibility index (Phi) is 6.06. The second-order valence-electron chi connectivity index (χ2n) is 9.03. The summed E-state index contributed by atoms with van der Waals surface area (Å²) in [5, 5.41) is 8.63. The molecule has 1 fully saturated rings. The minimum Gasteiger partial charge on any atom is -0.338 e. The highest BCUT2D eigenvalue weighted by Gasteiger charge is 2.20. The summed E-state index contributed by atoms with van der Waals surface area (Å²) in [4.78, 5) is 22.4. The number of benzene rings is 1. The number of fused-ring (bicyclic) bond motifs is 1. The van der Waals surface area contributed by atoms with Gasteiger partial charge in [-0.25, -0.2) is 4.52 Å². The van der Waals surface area contributed by atoms with E-state index in [1.807, 2.05) is 36.4 Å². The molecular formula is C24H29N7O2. The van der Waals surface area contributed by atoms with Crippen LogP contribution in [0.15, 0.2) is 58.1 Å². The molecule has 3 aromatic heterocycles. The number of rotatable bonds is 7. The number of aromatic nitrogens is 5. The van der Waals surface area contributed by atoms with Crippen LogP contribution in [0.5, 0.6) is 0 Å². The summed E-state index contributed by atoms with van der Waals surface area (Å²) in [5.41, 5.74) is 2.11. The predicted octanol–water partition coefficient (Wildman–Crippen LogP) is 2.37. The topological polar surface area (TPSA) is 84.7 Å². The van der Waals surface area contributed by atoms with Crippen molar-refractivity contribution in [3.05, 3.63) is 70.9 Å². The fraction of sp³-hybridized carbons (Fsp3) is 0.417. The lowest BCUT2D eigenvalue weighted by atomic mass is 10.1. The van der Waals surface area contributed by atoms with E-state index in [4.69, 9.17) is 4.52 Å². The van der Waals surface area contributed by atoms with Crippen LogP contribution in [0.2, 0.25) is 0 Å². The molecule has 0 unspecified atom stereocenters. The van der Waals surface area contributed by atoms with Crippen LogP contribution < -0.4 is 5.56 Å². The highest BCUT2D eigenvalue weighted by molar-refractivity contribution is 5.65. The molecule has 0 N–H and O–H groups in total. The van der Waals surface area contributed by atoms with E-state index >= 15 is 0 Å². The first-order valence-corrected chi connectivity index (χ1v) is 11.5. The standard InChI is InChI=1S/C24H29N7O2/c1-18(2)15-28-8-10-29(11-9-28)17-23-25-22(27-33-23)16-30-12-13-31-21(24(30)32)14-20(26-31)19-6-4-3-5-7-19/h3-7,12-14,18H,8-11,15-17H2,1-2H3. The third-order valence-corrected chi connectivity index (χ3v) is 5.94. The zero-order valence-corrected chi connectivity index (χ0v) is 19.1. The van der Waals surface area contributed by atoms with Crippen LogP contribution >= 0.6 is 0 Å². The summed E-state index contributed by atoms with van der Waals surface area (Å²) in [6, 6.07) is 11.6. The SMILES string of the molecule is CC(C)CN1CCN(Cc2nc(Cn3ccn4nc(-c5ccccc5)cc4c3=O)no2)CC1. The molecule has 33 heavy (non-hydrogen) atoms. The average Bonchev–Trinajstić information content (AvgIpc) is 3.45. The number of piperazine rings is 1. The zero-order valence-electron chi connectivity index (χ0n) is 19.1. The van der Waals surface area contributed by atoms with Crippen molar-refractivity contribution in [1.82, 2.24) is 34.1 Å². The van der Waals surface area contributed by atoms with E-state index in [9.17, 15) is 4.79 Å². The van der Waals surface area contributed by atoms with Crippen molar-refractivity contribution < 1.29 is 4.52 Å². The molecule has 9 nitrogen and oxygen atoms in total. The van der Waals surface area contributed by atoms with Gasteiger partial charge in [-0.05, 0) is 12.0 Å². The molecule has 5 rings (SSSR count). The Hall–Kier alpha value is -3.30. The van der Waals surface area contributed by atoms with Crippen LogP contribution in [-0.4, -0.2) is 66.8 Å². The van der Waals surface area contributed by atoms with Gasteiger partial charge in [-0.3, -0.25) is 9.69 Å². The predicted molar refractivity (Wildman–Crippen MR) is 125 cm³/mol. The first-order valence-electron chi connectivity index (χ1n) is 11.5. The third kappa shape index (κ3) is 4.89. The molecule has 0 amide bonds. The van der Waals surface area contributed by atoms with Crippen molar-refractivity contribution in [3.63, 3.8) is 0 Å². The molecule has 0 atom stereocenters. The lowest BCUT2D eigenvalue weighted by molar-refractivity contribution is 0.108. The average molecular weight is 448 g/mol. The zero-order chi connectivity index (χ0) is 22.8. The molecule has 0 saturated carbocycles. The van der Waals surface area contributed by atoms with Crippen molar-refractivity contribution in [3.8, 4) is 11.3 Å². The minimum absolute atomic E-state index is 0.139. The molecule has 4 heterocycles. The second-order valence-corrected chi connectivity index (χ2v) is 9.03. The molecular weight excluding hydrogens is 418 g/mol. The quantitative estimate of drug-likeness (QED) is 0.430. The smallest absolute Gasteiger partial charge is 0.277 e. The van der Waals surface area contributed by atoms with Gasteiger partial charge in [-0.2, -0.15) is 10.1 Å². The van der Waals surface area contributed by atoms with Crippen LogP contribution in [0.4, 0.5) is 0 Å². The van der Waals surface area contributed by atoms with Crippen molar-refractivity contribution in [2.75, 3.05) is 32.7 Å². The number of nitrogens with zero attached hydrogens (tertiary/aromatic N) is 7. The van der Waals surface area contributed by atoms with Crippen molar-refractivity contribution >= 4 is 5.52 Å². The van der Waals surface area contributed by atoms with Crippen LogP contribution in [0.1, 0.15) is 25.6 Å². The fourth-order valence-corrected chi connectivity index (χ4v) is 4.31. The van der Waals surface area contributed by atoms with Crippen molar-refractivity contribution in [1.29, 1.82) is 0 Å². The Bertz CT molecular complexity index is 1270. The number of hydrogen-bond acceptors (Lipinski definition) is 7.